The summed E-state index contributed by atoms with van der Waals surface area (Å²) in [4.78, 5) is 11.8. The molecule has 24 heavy (non-hydrogen) atoms. The minimum absolute atomic E-state index is 0.0983. The van der Waals surface area contributed by atoms with Gasteiger partial charge in [-0.25, -0.2) is 0 Å². The molecule has 0 fully saturated rings. The Morgan fingerprint density at radius 1 is 1.25 bits per heavy atom. The van der Waals surface area contributed by atoms with E-state index in [0.717, 1.165) is 17.0 Å². The van der Waals surface area contributed by atoms with Crippen molar-refractivity contribution in [3.63, 3.8) is 0 Å². The fraction of sp³-hybridized carbons (Fsp3) is 0.278. The van der Waals surface area contributed by atoms with Crippen LogP contribution in [0.3, 0.4) is 0 Å². The second-order valence-corrected chi connectivity index (χ2v) is 5.73. The summed E-state index contributed by atoms with van der Waals surface area (Å²) in [6.07, 6.45) is 0.290. The molecule has 1 heterocycles. The van der Waals surface area contributed by atoms with Gasteiger partial charge in [-0.15, -0.1) is 0 Å². The van der Waals surface area contributed by atoms with E-state index in [1.165, 1.54) is 0 Å². The standard InChI is InChI=1S/C18H20N2O4/c1-12(19)7-18(21)20-14-4-2-3-13(8-14)10-22-15-5-6-16-17(9-15)24-11-23-16/h2-6,8-9,12H,7,10-11,19H2,1H3,(H,20,21). The van der Waals surface area contributed by atoms with Gasteiger partial charge in [-0.2, -0.15) is 0 Å². The fourth-order valence-electron chi connectivity index (χ4n) is 2.38. The largest absolute Gasteiger partial charge is 0.489 e. The van der Waals surface area contributed by atoms with E-state index in [4.69, 9.17) is 19.9 Å². The first kappa shape index (κ1) is 16.1. The van der Waals surface area contributed by atoms with Gasteiger partial charge in [-0.3, -0.25) is 4.79 Å². The highest BCUT2D eigenvalue weighted by Gasteiger charge is 2.13. The highest BCUT2D eigenvalue weighted by atomic mass is 16.7. The van der Waals surface area contributed by atoms with Gasteiger partial charge in [-0.05, 0) is 36.8 Å². The van der Waals surface area contributed by atoms with Gasteiger partial charge >= 0.3 is 0 Å². The Kier molecular flexibility index (Phi) is 4.86. The summed E-state index contributed by atoms with van der Waals surface area (Å²) in [5.74, 6) is 2.01. The summed E-state index contributed by atoms with van der Waals surface area (Å²) in [6, 6.07) is 12.8. The second kappa shape index (κ2) is 7.23. The minimum Gasteiger partial charge on any atom is -0.489 e. The van der Waals surface area contributed by atoms with Crippen molar-refractivity contribution in [2.75, 3.05) is 12.1 Å². The molecule has 0 spiro atoms. The van der Waals surface area contributed by atoms with Crippen LogP contribution in [0.4, 0.5) is 5.69 Å². The van der Waals surface area contributed by atoms with Crippen LogP contribution in [0.1, 0.15) is 18.9 Å². The number of rotatable bonds is 6. The molecule has 6 nitrogen and oxygen atoms in total. The molecule has 0 radical (unpaired) electrons. The molecule has 1 atom stereocenters. The van der Waals surface area contributed by atoms with E-state index in [0.29, 0.717) is 18.1 Å². The van der Waals surface area contributed by atoms with Gasteiger partial charge < -0.3 is 25.3 Å². The van der Waals surface area contributed by atoms with E-state index in [-0.39, 0.29) is 25.2 Å². The monoisotopic (exact) mass is 328 g/mol. The van der Waals surface area contributed by atoms with Crippen LogP contribution in [-0.4, -0.2) is 18.7 Å². The zero-order valence-corrected chi connectivity index (χ0v) is 13.5. The number of carbonyl (C=O) groups excluding carboxylic acids is 1. The van der Waals surface area contributed by atoms with E-state index in [9.17, 15) is 4.79 Å². The Morgan fingerprint density at radius 3 is 2.92 bits per heavy atom. The smallest absolute Gasteiger partial charge is 0.231 e. The summed E-state index contributed by atoms with van der Waals surface area (Å²) in [5.41, 5.74) is 7.31. The number of benzene rings is 2. The van der Waals surface area contributed by atoms with Gasteiger partial charge in [-0.1, -0.05) is 12.1 Å². The maximum absolute atomic E-state index is 11.8. The number of hydrogen-bond donors (Lipinski definition) is 2. The van der Waals surface area contributed by atoms with Gasteiger partial charge in [0.15, 0.2) is 11.5 Å². The molecule has 1 aliphatic heterocycles. The number of nitrogens with two attached hydrogens (primary N) is 1. The molecule has 0 aliphatic carbocycles. The van der Waals surface area contributed by atoms with Crippen molar-refractivity contribution in [2.45, 2.75) is 26.0 Å². The van der Waals surface area contributed by atoms with Gasteiger partial charge in [0.25, 0.3) is 0 Å². The Labute approximate surface area is 140 Å². The molecular formula is C18H20N2O4. The van der Waals surface area contributed by atoms with Gasteiger partial charge in [0.05, 0.1) is 0 Å². The van der Waals surface area contributed by atoms with Crippen molar-refractivity contribution in [1.82, 2.24) is 0 Å². The maximum Gasteiger partial charge on any atom is 0.231 e. The van der Waals surface area contributed by atoms with Crippen LogP contribution in [0.15, 0.2) is 42.5 Å². The van der Waals surface area contributed by atoms with Gasteiger partial charge in [0, 0.05) is 24.2 Å². The number of amides is 1. The number of fused-ring (bicyclic) bond motifs is 1. The first-order valence-electron chi connectivity index (χ1n) is 7.77. The van der Waals surface area contributed by atoms with Crippen LogP contribution < -0.4 is 25.3 Å². The van der Waals surface area contributed by atoms with Crippen LogP contribution in [-0.2, 0) is 11.4 Å². The number of ether oxygens (including phenoxy) is 3. The lowest BCUT2D eigenvalue weighted by Gasteiger charge is -2.10. The van der Waals surface area contributed by atoms with E-state index < -0.39 is 0 Å². The lowest BCUT2D eigenvalue weighted by atomic mass is 10.2. The quantitative estimate of drug-likeness (QED) is 0.852. The van der Waals surface area contributed by atoms with Crippen molar-refractivity contribution in [3.8, 4) is 17.2 Å². The molecular weight excluding hydrogens is 308 g/mol. The lowest BCUT2D eigenvalue weighted by Crippen LogP contribution is -2.24. The molecule has 2 aromatic rings. The Balaban J connectivity index is 1.59. The summed E-state index contributed by atoms with van der Waals surface area (Å²) in [6.45, 7) is 2.42. The predicted molar refractivity (Wildman–Crippen MR) is 90.2 cm³/mol. The molecule has 3 N–H and O–H groups in total. The molecule has 6 heteroatoms. The molecule has 1 aliphatic rings. The van der Waals surface area contributed by atoms with E-state index in [2.05, 4.69) is 5.32 Å². The summed E-state index contributed by atoms with van der Waals surface area (Å²) in [7, 11) is 0. The van der Waals surface area contributed by atoms with Gasteiger partial charge in [0.2, 0.25) is 12.7 Å². The minimum atomic E-state index is -0.164. The van der Waals surface area contributed by atoms with Crippen LogP contribution in [0.2, 0.25) is 0 Å². The zero-order valence-electron chi connectivity index (χ0n) is 13.5. The Hall–Kier alpha value is -2.73. The number of hydrogen-bond acceptors (Lipinski definition) is 5. The topological polar surface area (TPSA) is 82.8 Å². The van der Waals surface area contributed by atoms with Crippen LogP contribution in [0, 0.1) is 0 Å². The number of carbonyl (C=O) groups is 1. The molecule has 0 saturated heterocycles. The summed E-state index contributed by atoms with van der Waals surface area (Å²) >= 11 is 0. The summed E-state index contributed by atoms with van der Waals surface area (Å²) in [5, 5.41) is 2.83. The van der Waals surface area contributed by atoms with Crippen molar-refractivity contribution in [1.29, 1.82) is 0 Å². The third-order valence-corrected chi connectivity index (χ3v) is 3.47. The molecule has 2 aromatic carbocycles. The maximum atomic E-state index is 11.8. The third-order valence-electron chi connectivity index (χ3n) is 3.47. The molecule has 0 saturated carbocycles. The van der Waals surface area contributed by atoms with Crippen molar-refractivity contribution in [3.05, 3.63) is 48.0 Å². The zero-order chi connectivity index (χ0) is 16.9. The average Bonchev–Trinajstić information content (AvgIpc) is 3.00. The summed E-state index contributed by atoms with van der Waals surface area (Å²) < 4.78 is 16.4. The van der Waals surface area contributed by atoms with Crippen LogP contribution >= 0.6 is 0 Å². The average molecular weight is 328 g/mol. The SMILES string of the molecule is CC(N)CC(=O)Nc1cccc(COc2ccc3c(c2)OCO3)c1. The first-order chi connectivity index (χ1) is 11.6. The predicted octanol–water partition coefficient (Wildman–Crippen LogP) is 2.67. The van der Waals surface area contributed by atoms with Crippen LogP contribution in [0.5, 0.6) is 17.2 Å². The normalized spacial score (nSPS) is 13.4. The second-order valence-electron chi connectivity index (χ2n) is 5.73. The van der Waals surface area contributed by atoms with Crippen molar-refractivity contribution >= 4 is 11.6 Å². The van der Waals surface area contributed by atoms with E-state index in [1.54, 1.807) is 13.0 Å². The number of anilines is 1. The molecule has 1 amide bonds. The Morgan fingerprint density at radius 2 is 2.08 bits per heavy atom. The fourth-order valence-corrected chi connectivity index (χ4v) is 2.38. The Bertz CT molecular complexity index is 731. The highest BCUT2D eigenvalue weighted by molar-refractivity contribution is 5.91. The van der Waals surface area contributed by atoms with Gasteiger partial charge in [0.1, 0.15) is 12.4 Å². The molecule has 0 aromatic heterocycles. The molecule has 126 valence electrons. The lowest BCUT2D eigenvalue weighted by molar-refractivity contribution is -0.116. The van der Waals surface area contributed by atoms with Crippen molar-refractivity contribution < 1.29 is 19.0 Å². The third kappa shape index (κ3) is 4.17. The highest BCUT2D eigenvalue weighted by Crippen LogP contribution is 2.35. The molecule has 1 unspecified atom stereocenters. The first-order valence-corrected chi connectivity index (χ1v) is 7.77. The van der Waals surface area contributed by atoms with Crippen LogP contribution in [0.25, 0.3) is 0 Å². The number of nitrogens with one attached hydrogen (secondary N) is 1. The molecule has 0 bridgehead atoms. The van der Waals surface area contributed by atoms with E-state index >= 15 is 0 Å². The van der Waals surface area contributed by atoms with Crippen molar-refractivity contribution in [2.24, 2.45) is 5.73 Å². The van der Waals surface area contributed by atoms with E-state index in [1.807, 2.05) is 36.4 Å². The molecule has 3 rings (SSSR count).